The predicted octanol–water partition coefficient (Wildman–Crippen LogP) is 3.33. The van der Waals surface area contributed by atoms with Crippen LogP contribution >= 0.6 is 12.4 Å². The molecule has 2 N–H and O–H groups in total. The maximum absolute atomic E-state index is 12.9. The number of benzene rings is 1. The number of hydrogen-bond acceptors (Lipinski definition) is 3. The fourth-order valence-electron chi connectivity index (χ4n) is 2.85. The number of halogens is 4. The highest BCUT2D eigenvalue weighted by Crippen LogP contribution is 2.36. The molecule has 1 saturated heterocycles. The van der Waals surface area contributed by atoms with Crippen molar-refractivity contribution in [3.8, 4) is 5.75 Å². The van der Waals surface area contributed by atoms with Crippen molar-refractivity contribution < 1.29 is 18.3 Å². The molecule has 1 atom stereocenters. The molecular formula is C15H22ClF3N2O. The molecule has 2 rings (SSSR count). The van der Waals surface area contributed by atoms with Gasteiger partial charge in [0.2, 0.25) is 0 Å². The van der Waals surface area contributed by atoms with Gasteiger partial charge < -0.3 is 10.4 Å². The lowest BCUT2D eigenvalue weighted by atomic mass is 9.96. The molecule has 0 spiro atoms. The van der Waals surface area contributed by atoms with E-state index in [0.717, 1.165) is 0 Å². The molecule has 22 heavy (non-hydrogen) atoms. The standard InChI is InChI=1S/C15H21F3N2O.ClH/c1-10-7-12(8-11(2)14(10)21)13(9-15(16,17)18)20-5-3-19-4-6-20;/h7-8,13,19,21H,3-6,9H2,1-2H3;1H/t13-;/m1./s1. The van der Waals surface area contributed by atoms with Crippen molar-refractivity contribution in [3.63, 3.8) is 0 Å². The predicted molar refractivity (Wildman–Crippen MR) is 82.7 cm³/mol. The van der Waals surface area contributed by atoms with Crippen LogP contribution in [0.25, 0.3) is 0 Å². The molecule has 1 aromatic carbocycles. The van der Waals surface area contributed by atoms with E-state index < -0.39 is 18.6 Å². The van der Waals surface area contributed by atoms with Gasteiger partial charge in [0.25, 0.3) is 0 Å². The molecule has 0 aromatic heterocycles. The zero-order valence-corrected chi connectivity index (χ0v) is 13.5. The van der Waals surface area contributed by atoms with E-state index in [1.807, 2.05) is 4.90 Å². The van der Waals surface area contributed by atoms with Crippen LogP contribution in [0.15, 0.2) is 12.1 Å². The number of aryl methyl sites for hydroxylation is 2. The van der Waals surface area contributed by atoms with Crippen LogP contribution in [0.4, 0.5) is 13.2 Å². The summed E-state index contributed by atoms with van der Waals surface area (Å²) in [6, 6.07) is 2.65. The summed E-state index contributed by atoms with van der Waals surface area (Å²) in [4.78, 5) is 1.87. The van der Waals surface area contributed by atoms with Crippen LogP contribution in [0.2, 0.25) is 0 Å². The van der Waals surface area contributed by atoms with Gasteiger partial charge in [0.15, 0.2) is 0 Å². The van der Waals surface area contributed by atoms with Crippen LogP contribution in [-0.4, -0.2) is 42.4 Å². The Labute approximate surface area is 134 Å². The van der Waals surface area contributed by atoms with Crippen molar-refractivity contribution in [2.45, 2.75) is 32.5 Å². The van der Waals surface area contributed by atoms with E-state index in [1.165, 1.54) is 0 Å². The highest BCUT2D eigenvalue weighted by atomic mass is 35.5. The lowest BCUT2D eigenvalue weighted by Gasteiger charge is -2.36. The molecule has 126 valence electrons. The van der Waals surface area contributed by atoms with E-state index in [2.05, 4.69) is 5.32 Å². The third kappa shape index (κ3) is 4.76. The Morgan fingerprint density at radius 3 is 2.14 bits per heavy atom. The van der Waals surface area contributed by atoms with E-state index in [9.17, 15) is 18.3 Å². The van der Waals surface area contributed by atoms with Crippen LogP contribution in [0.3, 0.4) is 0 Å². The molecule has 0 saturated carbocycles. The van der Waals surface area contributed by atoms with Crippen LogP contribution in [-0.2, 0) is 0 Å². The average Bonchev–Trinajstić information content (AvgIpc) is 2.41. The van der Waals surface area contributed by atoms with Crippen LogP contribution in [0.5, 0.6) is 5.75 Å². The number of piperazine rings is 1. The SMILES string of the molecule is Cc1cc([C@@H](CC(F)(F)F)N2CCNCC2)cc(C)c1O.Cl. The smallest absolute Gasteiger partial charge is 0.390 e. The summed E-state index contributed by atoms with van der Waals surface area (Å²) in [5.74, 6) is 0.157. The second-order valence-electron chi connectivity index (χ2n) is 5.62. The molecular weight excluding hydrogens is 317 g/mol. The monoisotopic (exact) mass is 338 g/mol. The molecule has 1 heterocycles. The Bertz CT molecular complexity index is 479. The molecule has 0 unspecified atom stereocenters. The summed E-state index contributed by atoms with van der Waals surface area (Å²) in [6.07, 6.45) is -5.08. The van der Waals surface area contributed by atoms with E-state index in [4.69, 9.17) is 0 Å². The summed E-state index contributed by atoms with van der Waals surface area (Å²) in [5, 5.41) is 13.0. The number of aromatic hydroxyl groups is 1. The third-order valence-electron chi connectivity index (χ3n) is 3.92. The Balaban J connectivity index is 0.00000242. The maximum Gasteiger partial charge on any atom is 0.390 e. The number of rotatable bonds is 3. The van der Waals surface area contributed by atoms with Gasteiger partial charge in [0.05, 0.1) is 6.42 Å². The highest BCUT2D eigenvalue weighted by molar-refractivity contribution is 5.85. The fraction of sp³-hybridized carbons (Fsp3) is 0.600. The van der Waals surface area contributed by atoms with Gasteiger partial charge in [0, 0.05) is 32.2 Å². The second kappa shape index (κ2) is 7.53. The van der Waals surface area contributed by atoms with Crippen molar-refractivity contribution in [1.29, 1.82) is 0 Å². The van der Waals surface area contributed by atoms with Crippen LogP contribution < -0.4 is 5.32 Å². The lowest BCUT2D eigenvalue weighted by Crippen LogP contribution is -2.46. The van der Waals surface area contributed by atoms with Gasteiger partial charge >= 0.3 is 6.18 Å². The van der Waals surface area contributed by atoms with Crippen molar-refractivity contribution >= 4 is 12.4 Å². The molecule has 0 aliphatic carbocycles. The van der Waals surface area contributed by atoms with Crippen molar-refractivity contribution in [2.75, 3.05) is 26.2 Å². The molecule has 1 fully saturated rings. The molecule has 1 aromatic rings. The Kier molecular flexibility index (Phi) is 6.52. The van der Waals surface area contributed by atoms with E-state index in [1.54, 1.807) is 26.0 Å². The fourth-order valence-corrected chi connectivity index (χ4v) is 2.85. The minimum absolute atomic E-state index is 0. The summed E-state index contributed by atoms with van der Waals surface area (Å²) < 4.78 is 38.8. The van der Waals surface area contributed by atoms with Gasteiger partial charge in [-0.3, -0.25) is 4.90 Å². The highest BCUT2D eigenvalue weighted by Gasteiger charge is 2.36. The Morgan fingerprint density at radius 2 is 1.68 bits per heavy atom. The average molecular weight is 339 g/mol. The molecule has 1 aliphatic rings. The summed E-state index contributed by atoms with van der Waals surface area (Å²) in [7, 11) is 0. The quantitative estimate of drug-likeness (QED) is 0.887. The number of phenols is 1. The van der Waals surface area contributed by atoms with Crippen molar-refractivity contribution in [2.24, 2.45) is 0 Å². The first kappa shape index (κ1) is 19.1. The Hall–Kier alpha value is -0.980. The van der Waals surface area contributed by atoms with Gasteiger partial charge in [-0.2, -0.15) is 13.2 Å². The number of nitrogens with zero attached hydrogens (tertiary/aromatic N) is 1. The largest absolute Gasteiger partial charge is 0.507 e. The minimum atomic E-state index is -4.21. The first-order valence-corrected chi connectivity index (χ1v) is 7.09. The number of alkyl halides is 3. The van der Waals surface area contributed by atoms with Crippen molar-refractivity contribution in [1.82, 2.24) is 10.2 Å². The molecule has 3 nitrogen and oxygen atoms in total. The number of phenolic OH excluding ortho intramolecular Hbond substituents is 1. The molecule has 0 radical (unpaired) electrons. The first-order chi connectivity index (χ1) is 9.78. The summed E-state index contributed by atoms with van der Waals surface area (Å²) in [6.45, 7) is 6.02. The van der Waals surface area contributed by atoms with Gasteiger partial charge in [-0.1, -0.05) is 12.1 Å². The molecule has 0 bridgehead atoms. The molecule has 0 amide bonds. The van der Waals surface area contributed by atoms with Gasteiger partial charge in [-0.15, -0.1) is 12.4 Å². The topological polar surface area (TPSA) is 35.5 Å². The maximum atomic E-state index is 12.9. The summed E-state index contributed by atoms with van der Waals surface area (Å²) >= 11 is 0. The third-order valence-corrected chi connectivity index (χ3v) is 3.92. The van der Waals surface area contributed by atoms with Gasteiger partial charge in [0.1, 0.15) is 5.75 Å². The minimum Gasteiger partial charge on any atom is -0.507 e. The molecule has 1 aliphatic heterocycles. The second-order valence-corrected chi connectivity index (χ2v) is 5.62. The summed E-state index contributed by atoms with van der Waals surface area (Å²) in [5.41, 5.74) is 1.86. The normalized spacial score (nSPS) is 17.9. The van der Waals surface area contributed by atoms with Gasteiger partial charge in [-0.05, 0) is 30.5 Å². The van der Waals surface area contributed by atoms with Gasteiger partial charge in [-0.25, -0.2) is 0 Å². The first-order valence-electron chi connectivity index (χ1n) is 7.09. The Morgan fingerprint density at radius 1 is 1.18 bits per heavy atom. The van der Waals surface area contributed by atoms with Crippen molar-refractivity contribution in [3.05, 3.63) is 28.8 Å². The van der Waals surface area contributed by atoms with Crippen LogP contribution in [0.1, 0.15) is 29.2 Å². The number of nitrogens with one attached hydrogen (secondary N) is 1. The zero-order chi connectivity index (χ0) is 15.6. The zero-order valence-electron chi connectivity index (χ0n) is 12.7. The van der Waals surface area contributed by atoms with E-state index >= 15 is 0 Å². The molecule has 7 heteroatoms. The number of hydrogen-bond donors (Lipinski definition) is 2. The van der Waals surface area contributed by atoms with E-state index in [-0.39, 0.29) is 18.2 Å². The lowest BCUT2D eigenvalue weighted by molar-refractivity contribution is -0.148. The van der Waals surface area contributed by atoms with Crippen LogP contribution in [0, 0.1) is 13.8 Å². The van der Waals surface area contributed by atoms with E-state index in [0.29, 0.717) is 42.9 Å².